The Bertz CT molecular complexity index is 729. The summed E-state index contributed by atoms with van der Waals surface area (Å²) >= 11 is 0. The van der Waals surface area contributed by atoms with E-state index in [1.54, 1.807) is 6.92 Å². The van der Waals surface area contributed by atoms with Crippen molar-refractivity contribution >= 4 is 22.9 Å². The van der Waals surface area contributed by atoms with Gasteiger partial charge in [0.25, 0.3) is 5.56 Å². The first-order valence-electron chi connectivity index (χ1n) is 8.17. The predicted octanol–water partition coefficient (Wildman–Crippen LogP) is 4.54. The number of fused-ring (bicyclic) bond motifs is 1. The van der Waals surface area contributed by atoms with Crippen LogP contribution in [0.5, 0.6) is 0 Å². The molecular formula is C19H25NO3. The minimum Gasteiger partial charge on any atom is -0.462 e. The molecule has 1 aromatic carbocycles. The standard InChI is InChI=1S/C17H19NO3.C2H6/c1-3-5-6-10-13-12-9-7-8-11-14(12)18-16(19)15(13)17(20)21-4-2;1-2/h6-11H,3-5H2,1-2H3,(H,18,19);1-2H3/b10-6+;. The number of carbonyl (C=O) groups is 1. The van der Waals surface area contributed by atoms with Crippen LogP contribution in [-0.4, -0.2) is 17.6 Å². The summed E-state index contributed by atoms with van der Waals surface area (Å²) in [6.07, 6.45) is 5.72. The largest absolute Gasteiger partial charge is 0.462 e. The van der Waals surface area contributed by atoms with Gasteiger partial charge in [-0.2, -0.15) is 0 Å². The van der Waals surface area contributed by atoms with Gasteiger partial charge >= 0.3 is 5.97 Å². The van der Waals surface area contributed by atoms with Crippen molar-refractivity contribution in [1.29, 1.82) is 0 Å². The zero-order chi connectivity index (χ0) is 17.2. The molecule has 0 saturated carbocycles. The summed E-state index contributed by atoms with van der Waals surface area (Å²) in [6, 6.07) is 7.44. The number of aromatic amines is 1. The second kappa shape index (κ2) is 9.62. The Morgan fingerprint density at radius 3 is 2.57 bits per heavy atom. The molecule has 23 heavy (non-hydrogen) atoms. The van der Waals surface area contributed by atoms with Gasteiger partial charge in [0.05, 0.1) is 6.61 Å². The molecule has 0 amide bonds. The quantitative estimate of drug-likeness (QED) is 0.824. The summed E-state index contributed by atoms with van der Waals surface area (Å²) in [7, 11) is 0. The number of ether oxygens (including phenoxy) is 1. The molecule has 0 radical (unpaired) electrons. The molecule has 2 aromatic rings. The Labute approximate surface area is 137 Å². The van der Waals surface area contributed by atoms with Crippen LogP contribution in [0.25, 0.3) is 17.0 Å². The topological polar surface area (TPSA) is 59.2 Å². The van der Waals surface area contributed by atoms with Crippen LogP contribution >= 0.6 is 0 Å². The van der Waals surface area contributed by atoms with Gasteiger partial charge in [0.1, 0.15) is 5.56 Å². The van der Waals surface area contributed by atoms with Crippen LogP contribution in [0.3, 0.4) is 0 Å². The third kappa shape index (κ3) is 4.55. The molecule has 2 rings (SSSR count). The highest BCUT2D eigenvalue weighted by Gasteiger charge is 2.18. The third-order valence-corrected chi connectivity index (χ3v) is 3.18. The number of carbonyl (C=O) groups excluding carboxylic acids is 1. The Balaban J connectivity index is 0.00000127. The molecule has 0 fully saturated rings. The van der Waals surface area contributed by atoms with Gasteiger partial charge in [0, 0.05) is 16.5 Å². The van der Waals surface area contributed by atoms with Crippen LogP contribution < -0.4 is 5.56 Å². The maximum Gasteiger partial charge on any atom is 0.344 e. The number of nitrogens with one attached hydrogen (secondary N) is 1. The minimum absolute atomic E-state index is 0.0721. The average Bonchev–Trinajstić information content (AvgIpc) is 2.56. The Kier molecular flexibility index (Phi) is 7.81. The summed E-state index contributed by atoms with van der Waals surface area (Å²) in [5.41, 5.74) is 0.999. The maximum absolute atomic E-state index is 12.2. The SMILES string of the molecule is CC.CCC/C=C/c1c(C(=O)OCC)c(=O)[nH]c2ccccc12. The lowest BCUT2D eigenvalue weighted by Crippen LogP contribution is -2.21. The number of allylic oxidation sites excluding steroid dienone is 1. The van der Waals surface area contributed by atoms with Crippen molar-refractivity contribution in [3.8, 4) is 0 Å². The molecule has 0 unspecified atom stereocenters. The van der Waals surface area contributed by atoms with Crippen LogP contribution in [0.15, 0.2) is 35.1 Å². The predicted molar refractivity (Wildman–Crippen MR) is 95.8 cm³/mol. The van der Waals surface area contributed by atoms with E-state index in [4.69, 9.17) is 4.74 Å². The smallest absolute Gasteiger partial charge is 0.344 e. The molecule has 0 bridgehead atoms. The average molecular weight is 315 g/mol. The fourth-order valence-corrected chi connectivity index (χ4v) is 2.22. The molecule has 0 aliphatic carbocycles. The van der Waals surface area contributed by atoms with E-state index in [0.717, 1.165) is 18.2 Å². The fourth-order valence-electron chi connectivity index (χ4n) is 2.22. The number of pyridine rings is 1. The zero-order valence-electron chi connectivity index (χ0n) is 14.3. The van der Waals surface area contributed by atoms with Crippen molar-refractivity contribution in [2.45, 2.75) is 40.5 Å². The third-order valence-electron chi connectivity index (χ3n) is 3.18. The molecule has 0 saturated heterocycles. The van der Waals surface area contributed by atoms with Gasteiger partial charge in [0.2, 0.25) is 0 Å². The van der Waals surface area contributed by atoms with Crippen LogP contribution in [0, 0.1) is 0 Å². The highest BCUT2D eigenvalue weighted by molar-refractivity contribution is 6.01. The molecule has 4 nitrogen and oxygen atoms in total. The molecule has 4 heteroatoms. The van der Waals surface area contributed by atoms with E-state index in [1.807, 2.05) is 50.3 Å². The maximum atomic E-state index is 12.2. The molecule has 0 aliphatic rings. The van der Waals surface area contributed by atoms with Crippen LogP contribution in [0.4, 0.5) is 0 Å². The van der Waals surface area contributed by atoms with Crippen molar-refractivity contribution in [2.75, 3.05) is 6.61 Å². The highest BCUT2D eigenvalue weighted by Crippen LogP contribution is 2.20. The number of unbranched alkanes of at least 4 members (excludes halogenated alkanes) is 1. The molecule has 0 spiro atoms. The summed E-state index contributed by atoms with van der Waals surface area (Å²) in [4.78, 5) is 27.0. The van der Waals surface area contributed by atoms with Gasteiger partial charge in [-0.15, -0.1) is 0 Å². The molecular weight excluding hydrogens is 290 g/mol. The molecule has 0 atom stereocenters. The first kappa shape index (κ1) is 18.7. The van der Waals surface area contributed by atoms with Crippen LogP contribution in [-0.2, 0) is 4.74 Å². The van der Waals surface area contributed by atoms with Gasteiger partial charge < -0.3 is 9.72 Å². The second-order valence-corrected chi connectivity index (χ2v) is 4.70. The number of H-pyrrole nitrogens is 1. The zero-order valence-corrected chi connectivity index (χ0v) is 14.3. The lowest BCUT2D eigenvalue weighted by Gasteiger charge is -2.08. The van der Waals surface area contributed by atoms with Crippen molar-refractivity contribution in [2.24, 2.45) is 0 Å². The number of hydrogen-bond acceptors (Lipinski definition) is 3. The summed E-state index contributed by atoms with van der Waals surface area (Å²) < 4.78 is 5.01. The first-order chi connectivity index (χ1) is 11.2. The van der Waals surface area contributed by atoms with E-state index in [-0.39, 0.29) is 12.2 Å². The van der Waals surface area contributed by atoms with E-state index in [9.17, 15) is 9.59 Å². The fraction of sp³-hybridized carbons (Fsp3) is 0.368. The molecule has 1 N–H and O–H groups in total. The van der Waals surface area contributed by atoms with E-state index in [1.165, 1.54) is 0 Å². The minimum atomic E-state index is -0.583. The van der Waals surface area contributed by atoms with Gasteiger partial charge in [-0.05, 0) is 19.4 Å². The number of hydrogen-bond donors (Lipinski definition) is 1. The summed E-state index contributed by atoms with van der Waals surface area (Å²) in [5, 5.41) is 0.840. The van der Waals surface area contributed by atoms with Gasteiger partial charge in [-0.1, -0.05) is 57.5 Å². The van der Waals surface area contributed by atoms with Gasteiger partial charge in [-0.3, -0.25) is 4.79 Å². The summed E-state index contributed by atoms with van der Waals surface area (Å²) in [5.74, 6) is -0.583. The number of esters is 1. The molecule has 0 aliphatic heterocycles. The number of para-hydroxylation sites is 1. The van der Waals surface area contributed by atoms with E-state index in [0.29, 0.717) is 11.1 Å². The van der Waals surface area contributed by atoms with E-state index in [2.05, 4.69) is 11.9 Å². The van der Waals surface area contributed by atoms with Crippen molar-refractivity contribution in [3.05, 3.63) is 51.8 Å². The van der Waals surface area contributed by atoms with Crippen molar-refractivity contribution < 1.29 is 9.53 Å². The Hall–Kier alpha value is -2.36. The molecule has 124 valence electrons. The van der Waals surface area contributed by atoms with E-state index < -0.39 is 11.5 Å². The molecule has 1 aromatic heterocycles. The van der Waals surface area contributed by atoms with Gasteiger partial charge in [0.15, 0.2) is 0 Å². The number of rotatable bonds is 5. The number of benzene rings is 1. The van der Waals surface area contributed by atoms with Crippen LogP contribution in [0.1, 0.15) is 56.5 Å². The Morgan fingerprint density at radius 1 is 1.22 bits per heavy atom. The lowest BCUT2D eigenvalue weighted by atomic mass is 10.0. The number of aromatic nitrogens is 1. The highest BCUT2D eigenvalue weighted by atomic mass is 16.5. The Morgan fingerprint density at radius 2 is 1.91 bits per heavy atom. The second-order valence-electron chi connectivity index (χ2n) is 4.70. The summed E-state index contributed by atoms with van der Waals surface area (Å²) in [6.45, 7) is 8.04. The van der Waals surface area contributed by atoms with Gasteiger partial charge in [-0.25, -0.2) is 4.79 Å². The lowest BCUT2D eigenvalue weighted by molar-refractivity contribution is 0.0524. The van der Waals surface area contributed by atoms with E-state index >= 15 is 0 Å². The molecule has 1 heterocycles. The monoisotopic (exact) mass is 315 g/mol. The van der Waals surface area contributed by atoms with Crippen LogP contribution in [0.2, 0.25) is 0 Å². The normalized spacial score (nSPS) is 10.4. The first-order valence-corrected chi connectivity index (χ1v) is 8.17. The van der Waals surface area contributed by atoms with Crippen molar-refractivity contribution in [1.82, 2.24) is 4.98 Å². The van der Waals surface area contributed by atoms with Crippen molar-refractivity contribution in [3.63, 3.8) is 0 Å².